The zero-order valence-electron chi connectivity index (χ0n) is 16.7. The Morgan fingerprint density at radius 3 is 2.77 bits per heavy atom. The van der Waals surface area contributed by atoms with E-state index in [0.29, 0.717) is 44.7 Å². The summed E-state index contributed by atoms with van der Waals surface area (Å²) in [6, 6.07) is 12.2. The molecule has 0 fully saturated rings. The van der Waals surface area contributed by atoms with Gasteiger partial charge in [-0.15, -0.1) is 0 Å². The van der Waals surface area contributed by atoms with E-state index in [4.69, 9.17) is 20.9 Å². The van der Waals surface area contributed by atoms with E-state index in [1.807, 2.05) is 19.9 Å². The largest absolute Gasteiger partial charge is 0.490 e. The highest BCUT2D eigenvalue weighted by molar-refractivity contribution is 6.33. The SMILES string of the molecule is Cc1onc(-c2ccccc2Cl)c1C(=O)Nc1ccc2c(c1)OCC(C)(C)C(=O)N2. The van der Waals surface area contributed by atoms with Crippen molar-refractivity contribution in [3.05, 3.63) is 58.8 Å². The average Bonchev–Trinajstić information content (AvgIpc) is 3.04. The lowest BCUT2D eigenvalue weighted by Crippen LogP contribution is -2.33. The average molecular weight is 426 g/mol. The Hall–Kier alpha value is -3.32. The standard InChI is InChI=1S/C22H20ClN3O4/c1-12-18(19(26-30-12)14-6-4-5-7-15(14)23)20(27)24-13-8-9-16-17(10-13)29-11-22(2,3)21(28)25-16/h4-10H,11H2,1-3H3,(H,24,27)(H,25,28). The predicted molar refractivity (Wildman–Crippen MR) is 114 cm³/mol. The van der Waals surface area contributed by atoms with Gasteiger partial charge in [-0.3, -0.25) is 9.59 Å². The molecule has 0 aliphatic carbocycles. The number of carbonyl (C=O) groups is 2. The molecule has 2 N–H and O–H groups in total. The van der Waals surface area contributed by atoms with Crippen LogP contribution < -0.4 is 15.4 Å². The number of halogens is 1. The molecule has 1 aliphatic rings. The second kappa shape index (κ2) is 7.50. The van der Waals surface area contributed by atoms with E-state index in [0.717, 1.165) is 0 Å². The minimum atomic E-state index is -0.661. The Morgan fingerprint density at radius 2 is 2.00 bits per heavy atom. The summed E-state index contributed by atoms with van der Waals surface area (Å²) in [4.78, 5) is 25.3. The van der Waals surface area contributed by atoms with Crippen molar-refractivity contribution < 1.29 is 18.8 Å². The predicted octanol–water partition coefficient (Wildman–Crippen LogP) is 4.91. The molecular formula is C22H20ClN3O4. The number of amides is 2. The molecular weight excluding hydrogens is 406 g/mol. The molecule has 2 amide bonds. The Labute approximate surface area is 178 Å². The van der Waals surface area contributed by atoms with Crippen molar-refractivity contribution in [2.24, 2.45) is 5.41 Å². The van der Waals surface area contributed by atoms with E-state index in [-0.39, 0.29) is 18.4 Å². The number of aryl methyl sites for hydroxylation is 1. The molecule has 30 heavy (non-hydrogen) atoms. The number of anilines is 2. The van der Waals surface area contributed by atoms with Crippen LogP contribution in [-0.2, 0) is 4.79 Å². The third-order valence-electron chi connectivity index (χ3n) is 4.91. The van der Waals surface area contributed by atoms with Gasteiger partial charge in [0.15, 0.2) is 0 Å². The molecule has 7 nitrogen and oxygen atoms in total. The van der Waals surface area contributed by atoms with E-state index in [1.165, 1.54) is 0 Å². The van der Waals surface area contributed by atoms with Crippen molar-refractivity contribution in [3.63, 3.8) is 0 Å². The van der Waals surface area contributed by atoms with E-state index in [9.17, 15) is 9.59 Å². The van der Waals surface area contributed by atoms with Gasteiger partial charge in [0.1, 0.15) is 29.4 Å². The zero-order chi connectivity index (χ0) is 21.5. The van der Waals surface area contributed by atoms with Gasteiger partial charge < -0.3 is 19.9 Å². The number of hydrogen-bond acceptors (Lipinski definition) is 5. The van der Waals surface area contributed by atoms with Gasteiger partial charge in [0.2, 0.25) is 5.91 Å². The fourth-order valence-electron chi connectivity index (χ4n) is 3.11. The molecule has 0 atom stereocenters. The first kappa shape index (κ1) is 20.0. The van der Waals surface area contributed by atoms with Crippen LogP contribution in [0.4, 0.5) is 11.4 Å². The molecule has 1 aromatic heterocycles. The van der Waals surface area contributed by atoms with Crippen LogP contribution in [0.2, 0.25) is 5.02 Å². The van der Waals surface area contributed by atoms with Crippen LogP contribution in [0, 0.1) is 12.3 Å². The molecule has 8 heteroatoms. The van der Waals surface area contributed by atoms with Gasteiger partial charge in [-0.1, -0.05) is 35.0 Å². The van der Waals surface area contributed by atoms with Crippen molar-refractivity contribution >= 4 is 34.8 Å². The molecule has 1 aliphatic heterocycles. The number of ether oxygens (including phenoxy) is 1. The number of nitrogens with one attached hydrogen (secondary N) is 2. The van der Waals surface area contributed by atoms with Gasteiger partial charge in [-0.25, -0.2) is 0 Å². The van der Waals surface area contributed by atoms with Crippen molar-refractivity contribution in [2.45, 2.75) is 20.8 Å². The van der Waals surface area contributed by atoms with Crippen LogP contribution in [0.1, 0.15) is 30.0 Å². The summed E-state index contributed by atoms with van der Waals surface area (Å²) in [7, 11) is 0. The molecule has 0 bridgehead atoms. The highest BCUT2D eigenvalue weighted by Crippen LogP contribution is 2.35. The maximum atomic E-state index is 13.0. The van der Waals surface area contributed by atoms with E-state index < -0.39 is 5.41 Å². The number of benzene rings is 2. The molecule has 0 spiro atoms. The molecule has 0 saturated heterocycles. The minimum absolute atomic E-state index is 0.123. The fourth-order valence-corrected chi connectivity index (χ4v) is 3.33. The molecule has 2 aromatic carbocycles. The minimum Gasteiger partial charge on any atom is -0.490 e. The zero-order valence-corrected chi connectivity index (χ0v) is 17.5. The summed E-state index contributed by atoms with van der Waals surface area (Å²) in [5, 5.41) is 10.2. The first-order chi connectivity index (χ1) is 14.3. The number of nitrogens with zero attached hydrogens (tertiary/aromatic N) is 1. The van der Waals surface area contributed by atoms with Gasteiger partial charge >= 0.3 is 0 Å². The number of rotatable bonds is 3. The summed E-state index contributed by atoms with van der Waals surface area (Å²) < 4.78 is 11.1. The van der Waals surface area contributed by atoms with Crippen LogP contribution >= 0.6 is 11.6 Å². The summed E-state index contributed by atoms with van der Waals surface area (Å²) in [5.74, 6) is 0.353. The smallest absolute Gasteiger partial charge is 0.261 e. The van der Waals surface area contributed by atoms with Gasteiger partial charge in [0, 0.05) is 17.3 Å². The molecule has 0 unspecified atom stereocenters. The molecule has 0 saturated carbocycles. The highest BCUT2D eigenvalue weighted by atomic mass is 35.5. The monoisotopic (exact) mass is 425 g/mol. The summed E-state index contributed by atoms with van der Waals surface area (Å²) >= 11 is 6.27. The van der Waals surface area contributed by atoms with Crippen LogP contribution in [0.15, 0.2) is 47.0 Å². The summed E-state index contributed by atoms with van der Waals surface area (Å²) in [6.45, 7) is 5.51. The normalized spacial score (nSPS) is 14.9. The summed E-state index contributed by atoms with van der Waals surface area (Å²) in [5.41, 5.74) is 1.69. The number of hydrogen-bond donors (Lipinski definition) is 2. The maximum absolute atomic E-state index is 13.0. The van der Waals surface area contributed by atoms with Crippen LogP contribution in [0.3, 0.4) is 0 Å². The second-order valence-corrected chi connectivity index (χ2v) is 8.14. The Kier molecular flexibility index (Phi) is 4.99. The van der Waals surface area contributed by atoms with Crippen LogP contribution in [0.5, 0.6) is 5.75 Å². The fraction of sp³-hybridized carbons (Fsp3) is 0.227. The quantitative estimate of drug-likeness (QED) is 0.621. The van der Waals surface area contributed by atoms with E-state index in [2.05, 4.69) is 15.8 Å². The van der Waals surface area contributed by atoms with Gasteiger partial charge in [-0.2, -0.15) is 0 Å². The number of carbonyl (C=O) groups excluding carboxylic acids is 2. The topological polar surface area (TPSA) is 93.5 Å². The lowest BCUT2D eigenvalue weighted by molar-refractivity contribution is -0.124. The Morgan fingerprint density at radius 1 is 1.23 bits per heavy atom. The van der Waals surface area contributed by atoms with Crippen LogP contribution in [0.25, 0.3) is 11.3 Å². The number of fused-ring (bicyclic) bond motifs is 1. The van der Waals surface area contributed by atoms with Crippen molar-refractivity contribution in [2.75, 3.05) is 17.2 Å². The first-order valence-electron chi connectivity index (χ1n) is 9.37. The second-order valence-electron chi connectivity index (χ2n) is 7.73. The number of aromatic nitrogens is 1. The highest BCUT2D eigenvalue weighted by Gasteiger charge is 2.32. The molecule has 4 rings (SSSR count). The molecule has 3 aromatic rings. The molecule has 0 radical (unpaired) electrons. The van der Waals surface area contributed by atoms with Crippen molar-refractivity contribution in [3.8, 4) is 17.0 Å². The Balaban J connectivity index is 1.62. The lowest BCUT2D eigenvalue weighted by atomic mass is 9.94. The molecule has 154 valence electrons. The van der Waals surface area contributed by atoms with Crippen molar-refractivity contribution in [1.29, 1.82) is 0 Å². The van der Waals surface area contributed by atoms with Gasteiger partial charge in [0.25, 0.3) is 5.91 Å². The van der Waals surface area contributed by atoms with Gasteiger partial charge in [0.05, 0.1) is 16.1 Å². The van der Waals surface area contributed by atoms with Gasteiger partial charge in [-0.05, 0) is 39.0 Å². The maximum Gasteiger partial charge on any atom is 0.261 e. The van der Waals surface area contributed by atoms with E-state index in [1.54, 1.807) is 43.3 Å². The van der Waals surface area contributed by atoms with Crippen molar-refractivity contribution in [1.82, 2.24) is 5.16 Å². The third-order valence-corrected chi connectivity index (χ3v) is 5.24. The third kappa shape index (κ3) is 3.64. The summed E-state index contributed by atoms with van der Waals surface area (Å²) in [6.07, 6.45) is 0. The lowest BCUT2D eigenvalue weighted by Gasteiger charge is -2.18. The molecule has 2 heterocycles. The van der Waals surface area contributed by atoms with Crippen LogP contribution in [-0.4, -0.2) is 23.6 Å². The Bertz CT molecular complexity index is 1150. The first-order valence-corrected chi connectivity index (χ1v) is 9.75. The van der Waals surface area contributed by atoms with E-state index >= 15 is 0 Å².